The van der Waals surface area contributed by atoms with Crippen molar-refractivity contribution in [3.05, 3.63) is 5.82 Å². The number of halogens is 4. The van der Waals surface area contributed by atoms with E-state index < -0.39 is 64.4 Å². The summed E-state index contributed by atoms with van der Waals surface area (Å²) < 4.78 is 38.0. The zero-order valence-electron chi connectivity index (χ0n) is 14.6. The zero-order valence-corrected chi connectivity index (χ0v) is 16.3. The number of hydrogen-bond donors (Lipinski definition) is 5. The van der Waals surface area contributed by atoms with Crippen LogP contribution in [0.25, 0.3) is 0 Å². The smallest absolute Gasteiger partial charge is 0.451 e. The van der Waals surface area contributed by atoms with Gasteiger partial charge in [0.15, 0.2) is 0 Å². The molecule has 0 spiro atoms. The first-order valence-corrected chi connectivity index (χ1v) is 8.97. The first kappa shape index (κ1) is 23.2. The van der Waals surface area contributed by atoms with Gasteiger partial charge in [0.1, 0.15) is 0 Å². The maximum Gasteiger partial charge on any atom is 0.451 e. The minimum absolute atomic E-state index is 0. The fourth-order valence-electron chi connectivity index (χ4n) is 3.90. The third-order valence-electron chi connectivity index (χ3n) is 5.07. The molecular weight excluding hydrogens is 443 g/mol. The van der Waals surface area contributed by atoms with Crippen LogP contribution in [0.15, 0.2) is 5.16 Å². The largest absolute Gasteiger partial charge is 0.481 e. The Balaban J connectivity index is 0.00000300. The number of alkyl halides is 3. The van der Waals surface area contributed by atoms with Gasteiger partial charge in [-0.2, -0.15) is 18.2 Å². The molecule has 2 fully saturated rings. The minimum Gasteiger partial charge on any atom is -0.481 e. The molecule has 162 valence electrons. The number of aromatic amines is 1. The Morgan fingerprint density at radius 3 is 2.41 bits per heavy atom. The topological polar surface area (TPSA) is 171 Å². The van der Waals surface area contributed by atoms with Crippen molar-refractivity contribution in [3.8, 4) is 0 Å². The van der Waals surface area contributed by atoms with Gasteiger partial charge in [-0.05, 0) is 13.3 Å². The monoisotopic (exact) mass is 459 g/mol. The van der Waals surface area contributed by atoms with Crippen LogP contribution in [-0.2, 0) is 20.6 Å². The van der Waals surface area contributed by atoms with E-state index in [1.165, 1.54) is 6.92 Å². The van der Waals surface area contributed by atoms with E-state index in [1.54, 1.807) is 5.10 Å². The van der Waals surface area contributed by atoms with Gasteiger partial charge in [-0.25, -0.2) is 0 Å². The summed E-state index contributed by atoms with van der Waals surface area (Å²) in [5.74, 6) is -7.90. The highest BCUT2D eigenvalue weighted by Crippen LogP contribution is 2.67. The molecule has 2 aliphatic carbocycles. The lowest BCUT2D eigenvalue weighted by Gasteiger charge is -2.24. The predicted octanol–water partition coefficient (Wildman–Crippen LogP) is 0.343. The van der Waals surface area contributed by atoms with Crippen molar-refractivity contribution in [2.24, 2.45) is 23.5 Å². The number of rotatable bonds is 6. The Morgan fingerprint density at radius 1 is 1.34 bits per heavy atom. The highest BCUT2D eigenvalue weighted by molar-refractivity contribution is 7.99. The molecule has 1 aromatic heterocycles. The molecule has 6 N–H and O–H groups in total. The second kappa shape index (κ2) is 7.65. The molecule has 1 heterocycles. The summed E-state index contributed by atoms with van der Waals surface area (Å²) in [5, 5.41) is 25.7. The van der Waals surface area contributed by atoms with Crippen LogP contribution in [0.5, 0.6) is 0 Å². The number of carboxylic acid groups (broad SMARTS) is 2. The molecule has 2 saturated carbocycles. The number of amides is 1. The number of nitrogens with one attached hydrogen (secondary N) is 2. The van der Waals surface area contributed by atoms with Crippen molar-refractivity contribution in [2.45, 2.75) is 41.5 Å². The van der Waals surface area contributed by atoms with Crippen LogP contribution < -0.4 is 11.1 Å². The molecule has 6 atom stereocenters. The van der Waals surface area contributed by atoms with Crippen LogP contribution in [-0.4, -0.2) is 60.1 Å². The van der Waals surface area contributed by atoms with E-state index in [2.05, 4.69) is 15.4 Å². The Kier molecular flexibility index (Phi) is 6.12. The van der Waals surface area contributed by atoms with Crippen LogP contribution in [0.3, 0.4) is 0 Å². The standard InChI is InChI=1S/C14H16F3N5O5S.ClH/c1-3(18)8(23)20-13-4(9(24)25)2-5(6(13)7(13)10(26)27)28-12-19-11(21-22-12)14(15,16)17;/h3-7H,2,18H2,1H3,(H,20,23)(H,24,25)(H,26,27)(H,19,21,22);1H/t3-,4?,5?,6?,7?,13?;/m0./s1. The summed E-state index contributed by atoms with van der Waals surface area (Å²) in [6.45, 7) is 1.36. The van der Waals surface area contributed by atoms with Crippen molar-refractivity contribution < 1.29 is 37.8 Å². The van der Waals surface area contributed by atoms with E-state index in [0.717, 1.165) is 11.8 Å². The summed E-state index contributed by atoms with van der Waals surface area (Å²) in [7, 11) is 0. The van der Waals surface area contributed by atoms with Gasteiger partial charge >= 0.3 is 18.1 Å². The average Bonchev–Trinajstić information content (AvgIpc) is 2.87. The van der Waals surface area contributed by atoms with Crippen molar-refractivity contribution >= 4 is 42.0 Å². The lowest BCUT2D eigenvalue weighted by atomic mass is 9.94. The van der Waals surface area contributed by atoms with Crippen LogP contribution in [0.4, 0.5) is 13.2 Å². The number of nitrogens with two attached hydrogens (primary N) is 1. The lowest BCUT2D eigenvalue weighted by molar-refractivity contribution is -0.146. The fraction of sp³-hybridized carbons (Fsp3) is 0.643. The highest BCUT2D eigenvalue weighted by atomic mass is 35.5. The number of carboxylic acids is 2. The molecule has 0 aromatic carbocycles. The Labute approximate surface area is 171 Å². The SMILES string of the molecule is C[C@H](N)C(=O)NC12C(C(=O)O)CC(Sc3n[nH]c(C(F)(F)F)n3)C1C2C(=O)O.Cl. The van der Waals surface area contributed by atoms with E-state index in [1.807, 2.05) is 0 Å². The number of hydrogen-bond acceptors (Lipinski definition) is 7. The summed E-state index contributed by atoms with van der Waals surface area (Å²) >= 11 is 0.752. The normalized spacial score (nSPS) is 31.3. The first-order valence-electron chi connectivity index (χ1n) is 8.09. The van der Waals surface area contributed by atoms with Gasteiger partial charge in [-0.1, -0.05) is 11.8 Å². The third kappa shape index (κ3) is 3.88. The predicted molar refractivity (Wildman–Crippen MR) is 93.2 cm³/mol. The van der Waals surface area contributed by atoms with E-state index in [-0.39, 0.29) is 24.0 Å². The molecule has 3 rings (SSSR count). The lowest BCUT2D eigenvalue weighted by Crippen LogP contribution is -2.51. The number of aliphatic carboxylic acids is 2. The van der Waals surface area contributed by atoms with Crippen LogP contribution in [0.1, 0.15) is 19.2 Å². The number of fused-ring (bicyclic) bond motifs is 1. The molecular formula is C14H17ClF3N5O5S. The Morgan fingerprint density at radius 2 is 1.97 bits per heavy atom. The van der Waals surface area contributed by atoms with Crippen molar-refractivity contribution in [3.63, 3.8) is 0 Å². The minimum atomic E-state index is -4.73. The molecule has 0 radical (unpaired) electrons. The number of H-pyrrole nitrogens is 1. The van der Waals surface area contributed by atoms with Crippen LogP contribution >= 0.6 is 24.2 Å². The zero-order chi connectivity index (χ0) is 21.0. The Bertz CT molecular complexity index is 837. The van der Waals surface area contributed by atoms with E-state index in [9.17, 15) is 37.8 Å². The van der Waals surface area contributed by atoms with Gasteiger partial charge in [0.2, 0.25) is 16.9 Å². The molecule has 0 bridgehead atoms. The molecule has 10 nitrogen and oxygen atoms in total. The fourth-order valence-corrected chi connectivity index (χ4v) is 5.23. The van der Waals surface area contributed by atoms with Crippen molar-refractivity contribution in [1.82, 2.24) is 20.5 Å². The maximum atomic E-state index is 12.7. The molecule has 1 amide bonds. The van der Waals surface area contributed by atoms with Gasteiger partial charge in [-0.15, -0.1) is 17.5 Å². The number of thioether (sulfide) groups is 1. The molecule has 29 heavy (non-hydrogen) atoms. The number of aromatic nitrogens is 3. The number of carbonyl (C=O) groups is 3. The van der Waals surface area contributed by atoms with Gasteiger partial charge in [0, 0.05) is 11.2 Å². The highest BCUT2D eigenvalue weighted by Gasteiger charge is 2.80. The van der Waals surface area contributed by atoms with Crippen molar-refractivity contribution in [1.29, 1.82) is 0 Å². The molecule has 0 aliphatic heterocycles. The van der Waals surface area contributed by atoms with Gasteiger partial charge in [-0.3, -0.25) is 19.5 Å². The molecule has 15 heteroatoms. The van der Waals surface area contributed by atoms with Gasteiger partial charge in [0.25, 0.3) is 0 Å². The van der Waals surface area contributed by atoms with Crippen LogP contribution in [0.2, 0.25) is 0 Å². The summed E-state index contributed by atoms with van der Waals surface area (Å²) in [6.07, 6.45) is -4.80. The molecule has 1 aromatic rings. The second-order valence-corrected chi connectivity index (χ2v) is 8.01. The Hall–Kier alpha value is -2.06. The third-order valence-corrected chi connectivity index (χ3v) is 6.25. The number of nitrogens with zero attached hydrogens (tertiary/aromatic N) is 2. The summed E-state index contributed by atoms with van der Waals surface area (Å²) in [5.41, 5.74) is 3.94. The molecule has 0 saturated heterocycles. The van der Waals surface area contributed by atoms with E-state index in [0.29, 0.717) is 0 Å². The summed E-state index contributed by atoms with van der Waals surface area (Å²) in [4.78, 5) is 38.8. The first-order chi connectivity index (χ1) is 12.9. The van der Waals surface area contributed by atoms with E-state index >= 15 is 0 Å². The quantitative estimate of drug-likeness (QED) is 0.402. The van der Waals surface area contributed by atoms with Crippen molar-refractivity contribution in [2.75, 3.05) is 0 Å². The summed E-state index contributed by atoms with van der Waals surface area (Å²) in [6, 6.07) is -0.992. The van der Waals surface area contributed by atoms with Gasteiger partial charge < -0.3 is 21.3 Å². The second-order valence-electron chi connectivity index (χ2n) is 6.80. The maximum absolute atomic E-state index is 12.7. The van der Waals surface area contributed by atoms with Crippen LogP contribution in [0, 0.1) is 17.8 Å². The average molecular weight is 460 g/mol. The van der Waals surface area contributed by atoms with E-state index in [4.69, 9.17) is 5.73 Å². The molecule has 2 aliphatic rings. The number of carbonyl (C=O) groups excluding carboxylic acids is 1. The molecule has 5 unspecified atom stereocenters. The van der Waals surface area contributed by atoms with Gasteiger partial charge in [0.05, 0.1) is 23.4 Å².